The molecule has 0 bridgehead atoms. The van der Waals surface area contributed by atoms with E-state index in [2.05, 4.69) is 26.2 Å². The molecule has 0 saturated heterocycles. The number of nitrogens with zero attached hydrogens (tertiary/aromatic N) is 3. The van der Waals surface area contributed by atoms with Gasteiger partial charge in [0.2, 0.25) is 11.6 Å². The molecule has 0 radical (unpaired) electrons. The second-order valence-electron chi connectivity index (χ2n) is 4.13. The second kappa shape index (κ2) is 7.00. The van der Waals surface area contributed by atoms with Gasteiger partial charge in [0.05, 0.1) is 12.0 Å². The van der Waals surface area contributed by atoms with Crippen LogP contribution in [0.25, 0.3) is 0 Å². The van der Waals surface area contributed by atoms with E-state index in [4.69, 9.17) is 10.6 Å². The van der Waals surface area contributed by atoms with Gasteiger partial charge < -0.3 is 10.2 Å². The van der Waals surface area contributed by atoms with Crippen LogP contribution in [0.5, 0.6) is 5.75 Å². The second-order valence-corrected chi connectivity index (χ2v) is 4.13. The van der Waals surface area contributed by atoms with E-state index in [1.54, 1.807) is 12.1 Å². The number of aromatic nitrogens is 2. The predicted molar refractivity (Wildman–Crippen MR) is 80.6 cm³/mol. The Morgan fingerprint density at radius 1 is 1.26 bits per heavy atom. The Bertz CT molecular complexity index is 720. The topological polar surface area (TPSA) is 157 Å². The summed E-state index contributed by atoms with van der Waals surface area (Å²) in [5.41, 5.74) is 6.60. The van der Waals surface area contributed by atoms with Crippen LogP contribution in [0.3, 0.4) is 0 Å². The van der Waals surface area contributed by atoms with Crippen molar-refractivity contribution in [3.8, 4) is 5.75 Å². The summed E-state index contributed by atoms with van der Waals surface area (Å²) < 4.78 is 4.99. The smallest absolute Gasteiger partial charge is 0.356 e. The van der Waals surface area contributed by atoms with Crippen LogP contribution in [-0.4, -0.2) is 27.9 Å². The fourth-order valence-electron chi connectivity index (χ4n) is 1.68. The van der Waals surface area contributed by atoms with Crippen molar-refractivity contribution in [1.82, 2.24) is 15.4 Å². The van der Waals surface area contributed by atoms with Crippen molar-refractivity contribution in [3.63, 3.8) is 0 Å². The van der Waals surface area contributed by atoms with Gasteiger partial charge in [0.25, 0.3) is 5.91 Å². The molecule has 0 aliphatic carbocycles. The quantitative estimate of drug-likeness (QED) is 0.336. The molecule has 1 amide bonds. The molecule has 0 aliphatic rings. The van der Waals surface area contributed by atoms with E-state index in [9.17, 15) is 14.9 Å². The molecule has 1 aromatic heterocycles. The highest BCUT2D eigenvalue weighted by Gasteiger charge is 2.22. The van der Waals surface area contributed by atoms with Gasteiger partial charge in [-0.05, 0) is 24.3 Å². The molecule has 11 nitrogen and oxygen atoms in total. The number of carbonyl (C=O) groups is 1. The maximum atomic E-state index is 12.0. The molecule has 1 aromatic carbocycles. The Morgan fingerprint density at radius 3 is 2.48 bits per heavy atom. The number of hydrogen-bond donors (Lipinski definition) is 4. The Hall–Kier alpha value is -3.47. The number of amides is 1. The molecule has 2 aromatic rings. The Balaban J connectivity index is 2.13. The maximum absolute atomic E-state index is 12.0. The maximum Gasteiger partial charge on any atom is 0.356 e. The highest BCUT2D eigenvalue weighted by atomic mass is 16.6. The molecule has 0 atom stereocenters. The number of benzene rings is 1. The zero-order valence-electron chi connectivity index (χ0n) is 11.9. The summed E-state index contributed by atoms with van der Waals surface area (Å²) in [5.74, 6) is 4.85. The van der Waals surface area contributed by atoms with Gasteiger partial charge in [-0.15, -0.1) is 0 Å². The average molecular weight is 319 g/mol. The van der Waals surface area contributed by atoms with Gasteiger partial charge in [0, 0.05) is 5.56 Å². The van der Waals surface area contributed by atoms with Gasteiger partial charge in [0.15, 0.2) is 0 Å². The number of nitrogens with one attached hydrogen (secondary N) is 3. The highest BCUT2D eigenvalue weighted by molar-refractivity contribution is 5.95. The molecular formula is C12H13N7O4. The van der Waals surface area contributed by atoms with E-state index in [1.807, 2.05) is 0 Å². The van der Waals surface area contributed by atoms with E-state index < -0.39 is 16.5 Å². The fraction of sp³-hybridized carbons (Fsp3) is 0.0833. The average Bonchev–Trinajstić information content (AvgIpc) is 2.59. The van der Waals surface area contributed by atoms with Crippen molar-refractivity contribution < 1.29 is 14.5 Å². The summed E-state index contributed by atoms with van der Waals surface area (Å²) in [4.78, 5) is 29.6. The number of nitro groups is 1. The monoisotopic (exact) mass is 319 g/mol. The third-order valence-corrected chi connectivity index (χ3v) is 2.79. The summed E-state index contributed by atoms with van der Waals surface area (Å²) >= 11 is 0. The van der Waals surface area contributed by atoms with Gasteiger partial charge in [-0.25, -0.2) is 15.8 Å². The molecule has 0 saturated carbocycles. The van der Waals surface area contributed by atoms with Gasteiger partial charge in [-0.2, -0.15) is 0 Å². The summed E-state index contributed by atoms with van der Waals surface area (Å²) in [6.07, 6.45) is 1.06. The van der Waals surface area contributed by atoms with Crippen LogP contribution in [0, 0.1) is 10.1 Å². The first kappa shape index (κ1) is 15.9. The standard InChI is InChI=1S/C12H13N7O4/c1-23-8-4-2-7(3-5-8)12(20)18-17-11-9(19(21)22)10(16-13)14-6-15-11/h2-6H,13H2,1H3,(H,18,20)(H2,14,15,16,17). The molecule has 5 N–H and O–H groups in total. The first-order chi connectivity index (χ1) is 11.1. The highest BCUT2D eigenvalue weighted by Crippen LogP contribution is 2.27. The van der Waals surface area contributed by atoms with Crippen molar-refractivity contribution in [2.45, 2.75) is 0 Å². The van der Waals surface area contributed by atoms with E-state index in [-0.39, 0.29) is 11.6 Å². The van der Waals surface area contributed by atoms with Gasteiger partial charge in [-0.1, -0.05) is 0 Å². The predicted octanol–water partition coefficient (Wildman–Crippen LogP) is 0.436. The zero-order chi connectivity index (χ0) is 16.8. The van der Waals surface area contributed by atoms with Crippen molar-refractivity contribution in [3.05, 3.63) is 46.3 Å². The lowest BCUT2D eigenvalue weighted by Gasteiger charge is -2.09. The first-order valence-electron chi connectivity index (χ1n) is 6.23. The Labute approximate surface area is 130 Å². The van der Waals surface area contributed by atoms with Gasteiger partial charge in [-0.3, -0.25) is 25.8 Å². The minimum absolute atomic E-state index is 0.189. The summed E-state index contributed by atoms with van der Waals surface area (Å²) in [7, 11) is 1.51. The van der Waals surface area contributed by atoms with Crippen molar-refractivity contribution in [2.75, 3.05) is 18.0 Å². The van der Waals surface area contributed by atoms with Crippen molar-refractivity contribution in [2.24, 2.45) is 5.84 Å². The van der Waals surface area contributed by atoms with Crippen LogP contribution in [0.2, 0.25) is 0 Å². The minimum Gasteiger partial charge on any atom is -0.497 e. The number of carbonyl (C=O) groups excluding carboxylic acids is 1. The van der Waals surface area contributed by atoms with Gasteiger partial charge in [0.1, 0.15) is 12.1 Å². The Kier molecular flexibility index (Phi) is 4.84. The summed E-state index contributed by atoms with van der Waals surface area (Å²) in [6, 6.07) is 6.30. The SMILES string of the molecule is COc1ccc(C(=O)NNc2ncnc(NN)c2[N+](=O)[O-])cc1. The molecule has 0 fully saturated rings. The number of hydrogen-bond acceptors (Lipinski definition) is 9. The van der Waals surface area contributed by atoms with Crippen LogP contribution in [0.15, 0.2) is 30.6 Å². The first-order valence-corrected chi connectivity index (χ1v) is 6.23. The van der Waals surface area contributed by atoms with E-state index in [0.29, 0.717) is 11.3 Å². The molecule has 0 spiro atoms. The normalized spacial score (nSPS) is 9.83. The van der Waals surface area contributed by atoms with Crippen LogP contribution in [0.4, 0.5) is 17.3 Å². The van der Waals surface area contributed by atoms with Crippen molar-refractivity contribution >= 4 is 23.2 Å². The Morgan fingerprint density at radius 2 is 1.91 bits per heavy atom. The number of ether oxygens (including phenoxy) is 1. The molecule has 1 heterocycles. The zero-order valence-corrected chi connectivity index (χ0v) is 11.9. The third-order valence-electron chi connectivity index (χ3n) is 2.79. The lowest BCUT2D eigenvalue weighted by Crippen LogP contribution is -2.30. The van der Waals surface area contributed by atoms with Crippen LogP contribution < -0.4 is 26.9 Å². The van der Waals surface area contributed by atoms with Gasteiger partial charge >= 0.3 is 5.69 Å². The number of hydrazine groups is 2. The molecule has 0 aliphatic heterocycles. The van der Waals surface area contributed by atoms with Crippen LogP contribution in [-0.2, 0) is 0 Å². The molecule has 23 heavy (non-hydrogen) atoms. The molecule has 11 heteroatoms. The number of rotatable bonds is 6. The molecule has 2 rings (SSSR count). The minimum atomic E-state index is -0.725. The van der Waals surface area contributed by atoms with Crippen molar-refractivity contribution in [1.29, 1.82) is 0 Å². The summed E-state index contributed by atoms with van der Waals surface area (Å²) in [6.45, 7) is 0. The lowest BCUT2D eigenvalue weighted by molar-refractivity contribution is -0.383. The third kappa shape index (κ3) is 3.59. The number of anilines is 2. The fourth-order valence-corrected chi connectivity index (χ4v) is 1.68. The number of nitrogens with two attached hydrogens (primary N) is 1. The van der Waals surface area contributed by atoms with Crippen LogP contribution >= 0.6 is 0 Å². The number of methoxy groups -OCH3 is 1. The molecule has 0 unspecified atom stereocenters. The van der Waals surface area contributed by atoms with E-state index >= 15 is 0 Å². The summed E-state index contributed by atoms with van der Waals surface area (Å²) in [5, 5.41) is 11.1. The van der Waals surface area contributed by atoms with E-state index in [0.717, 1.165) is 6.33 Å². The van der Waals surface area contributed by atoms with E-state index in [1.165, 1.54) is 19.2 Å². The molecule has 120 valence electrons. The van der Waals surface area contributed by atoms with Crippen LogP contribution in [0.1, 0.15) is 10.4 Å². The number of nitrogen functional groups attached to an aromatic ring is 1. The largest absolute Gasteiger partial charge is 0.497 e. The lowest BCUT2D eigenvalue weighted by atomic mass is 10.2. The molecular weight excluding hydrogens is 306 g/mol.